The van der Waals surface area contributed by atoms with Crippen molar-refractivity contribution in [2.24, 2.45) is 46.1 Å². The van der Waals surface area contributed by atoms with Crippen LogP contribution in [-0.2, 0) is 30.4 Å². The van der Waals surface area contributed by atoms with Crippen molar-refractivity contribution < 1.29 is 49.1 Å². The SMILES string of the molecule is CC[C@H](C)[C@H](N)C(=O)Oc1ccc(C[C@H](N)C(=O)O)cc1.N=C(N)NCCC[C@H](N)C(N)=O.NCC(=O)O.N[C@@H](CO)C(=O)O. The maximum atomic E-state index is 11.8. The van der Waals surface area contributed by atoms with Gasteiger partial charge in [-0.3, -0.25) is 24.6 Å². The summed E-state index contributed by atoms with van der Waals surface area (Å²) in [6, 6.07) is 3.24. The lowest BCUT2D eigenvalue weighted by Gasteiger charge is -2.16. The molecule has 1 amide bonds. The number of hydrogen-bond acceptors (Lipinski definition) is 13. The van der Waals surface area contributed by atoms with Gasteiger partial charge >= 0.3 is 23.9 Å². The Morgan fingerprint density at radius 3 is 1.73 bits per heavy atom. The van der Waals surface area contributed by atoms with E-state index < -0.39 is 60.6 Å². The van der Waals surface area contributed by atoms with Crippen LogP contribution in [0.3, 0.4) is 0 Å². The highest BCUT2D eigenvalue weighted by Crippen LogP contribution is 2.15. The van der Waals surface area contributed by atoms with Gasteiger partial charge in [-0.1, -0.05) is 32.4 Å². The number of carbonyl (C=O) groups excluding carboxylic acids is 2. The molecule has 0 aliphatic carbocycles. The van der Waals surface area contributed by atoms with Gasteiger partial charge in [0.05, 0.1) is 19.2 Å². The minimum absolute atomic E-state index is 0.0466. The van der Waals surface area contributed by atoms with E-state index in [4.69, 9.17) is 65.0 Å². The Labute approximate surface area is 260 Å². The zero-order valence-corrected chi connectivity index (χ0v) is 25.4. The summed E-state index contributed by atoms with van der Waals surface area (Å²) in [6.45, 7) is 3.60. The van der Waals surface area contributed by atoms with Crippen LogP contribution in [0.5, 0.6) is 5.75 Å². The van der Waals surface area contributed by atoms with Crippen LogP contribution in [0.1, 0.15) is 38.7 Å². The number of carboxylic acids is 3. The van der Waals surface area contributed by atoms with Crippen LogP contribution < -0.4 is 50.2 Å². The van der Waals surface area contributed by atoms with Crippen molar-refractivity contribution in [2.45, 2.75) is 63.7 Å². The van der Waals surface area contributed by atoms with Crippen molar-refractivity contribution in [2.75, 3.05) is 19.7 Å². The van der Waals surface area contributed by atoms with E-state index in [1.807, 2.05) is 13.8 Å². The zero-order chi connectivity index (χ0) is 35.7. The highest BCUT2D eigenvalue weighted by atomic mass is 16.5. The first-order valence-corrected chi connectivity index (χ1v) is 13.5. The third-order valence-corrected chi connectivity index (χ3v) is 5.51. The molecule has 0 aromatic heterocycles. The van der Waals surface area contributed by atoms with Crippen molar-refractivity contribution in [3.8, 4) is 5.75 Å². The molecule has 5 atom stereocenters. The van der Waals surface area contributed by atoms with Gasteiger partial charge in [0.25, 0.3) is 0 Å². The number of amides is 1. The second-order valence-electron chi connectivity index (χ2n) is 9.34. The number of ether oxygens (including phenoxy) is 1. The number of aliphatic hydroxyl groups is 1. The third kappa shape index (κ3) is 25.8. The molecule has 1 rings (SSSR count). The summed E-state index contributed by atoms with van der Waals surface area (Å²) in [7, 11) is 0. The molecule has 19 nitrogen and oxygen atoms in total. The molecule has 0 heterocycles. The molecule has 0 aliphatic rings. The number of aliphatic carboxylic acids is 3. The van der Waals surface area contributed by atoms with Crippen LogP contribution in [0, 0.1) is 11.3 Å². The number of benzene rings is 1. The summed E-state index contributed by atoms with van der Waals surface area (Å²) < 4.78 is 5.20. The molecule has 0 saturated heterocycles. The normalized spacial score (nSPS) is 13.2. The Morgan fingerprint density at radius 2 is 1.40 bits per heavy atom. The van der Waals surface area contributed by atoms with Gasteiger partial charge in [0.1, 0.15) is 23.9 Å². The Hall–Kier alpha value is -4.40. The van der Waals surface area contributed by atoms with E-state index in [0.717, 1.165) is 12.0 Å². The van der Waals surface area contributed by atoms with E-state index in [1.165, 1.54) is 0 Å². The topological polar surface area (TPSA) is 394 Å². The van der Waals surface area contributed by atoms with Crippen molar-refractivity contribution in [1.82, 2.24) is 5.32 Å². The largest absolute Gasteiger partial charge is 0.480 e. The predicted molar refractivity (Wildman–Crippen MR) is 165 cm³/mol. The molecular weight excluding hydrogens is 598 g/mol. The predicted octanol–water partition coefficient (Wildman–Crippen LogP) is -3.60. The lowest BCUT2D eigenvalue weighted by molar-refractivity contribution is -0.140. The highest BCUT2D eigenvalue weighted by Gasteiger charge is 2.21. The fourth-order valence-corrected chi connectivity index (χ4v) is 2.47. The molecule has 0 radical (unpaired) electrons. The van der Waals surface area contributed by atoms with Gasteiger partial charge in [0, 0.05) is 6.54 Å². The summed E-state index contributed by atoms with van der Waals surface area (Å²) in [5.74, 6) is -3.82. The van der Waals surface area contributed by atoms with Crippen molar-refractivity contribution in [1.29, 1.82) is 5.41 Å². The van der Waals surface area contributed by atoms with Gasteiger partial charge in [-0.2, -0.15) is 0 Å². The fourth-order valence-electron chi connectivity index (χ4n) is 2.47. The van der Waals surface area contributed by atoms with E-state index in [-0.39, 0.29) is 24.8 Å². The molecule has 258 valence electrons. The molecule has 1 aromatic rings. The number of hydrogen-bond donors (Lipinski definition) is 13. The van der Waals surface area contributed by atoms with E-state index in [2.05, 4.69) is 11.1 Å². The average Bonchev–Trinajstić information content (AvgIpc) is 2.99. The average molecular weight is 648 g/mol. The third-order valence-electron chi connectivity index (χ3n) is 5.51. The summed E-state index contributed by atoms with van der Waals surface area (Å²) in [5.41, 5.74) is 36.6. The van der Waals surface area contributed by atoms with E-state index in [1.54, 1.807) is 24.3 Å². The monoisotopic (exact) mass is 647 g/mol. The van der Waals surface area contributed by atoms with Gasteiger partial charge in [-0.25, -0.2) is 4.79 Å². The van der Waals surface area contributed by atoms with E-state index >= 15 is 0 Å². The molecule has 1 aromatic carbocycles. The maximum absolute atomic E-state index is 11.8. The quantitative estimate of drug-likeness (QED) is 0.0287. The Kier molecular flexibility index (Phi) is 26.1. The molecule has 45 heavy (non-hydrogen) atoms. The first kappa shape index (κ1) is 45.0. The van der Waals surface area contributed by atoms with Crippen molar-refractivity contribution in [3.05, 3.63) is 29.8 Å². The number of esters is 1. The summed E-state index contributed by atoms with van der Waals surface area (Å²) >= 11 is 0. The molecule has 0 aliphatic heterocycles. The molecule has 20 N–H and O–H groups in total. The number of carboxylic acid groups (broad SMARTS) is 3. The van der Waals surface area contributed by atoms with Gasteiger partial charge in [-0.05, 0) is 42.9 Å². The minimum Gasteiger partial charge on any atom is -0.480 e. The van der Waals surface area contributed by atoms with Gasteiger partial charge in [0.2, 0.25) is 5.91 Å². The van der Waals surface area contributed by atoms with Crippen LogP contribution in [0.4, 0.5) is 0 Å². The molecule has 0 saturated carbocycles. The second-order valence-corrected chi connectivity index (χ2v) is 9.34. The van der Waals surface area contributed by atoms with Crippen LogP contribution in [0.15, 0.2) is 24.3 Å². The van der Waals surface area contributed by atoms with Gasteiger partial charge in [-0.15, -0.1) is 0 Å². The second kappa shape index (κ2) is 26.0. The Bertz CT molecular complexity index is 1040. The smallest absolute Gasteiger partial charge is 0.328 e. The lowest BCUT2D eigenvalue weighted by atomic mass is 10.0. The first-order chi connectivity index (χ1) is 20.8. The van der Waals surface area contributed by atoms with Crippen LogP contribution >= 0.6 is 0 Å². The number of rotatable bonds is 15. The van der Waals surface area contributed by atoms with E-state index in [0.29, 0.717) is 25.1 Å². The van der Waals surface area contributed by atoms with Crippen molar-refractivity contribution >= 4 is 35.7 Å². The molecule has 0 bridgehead atoms. The number of aliphatic hydroxyl groups excluding tert-OH is 1. The molecule has 0 fully saturated rings. The standard InChI is InChI=1S/C15H22N2O4.C6H15N5O.C3H7NO3.C2H5NO2/c1-3-9(2)13(17)15(20)21-11-6-4-10(5-7-11)8-12(16)14(18)19;7-4(5(8)12)2-1-3-11-6(9)10;4-2(1-5)3(6)7;3-1-2(4)5/h4-7,9,12-13H,3,8,16-17H2,1-2H3,(H,18,19);4H,1-3,7H2,(H2,8,12)(H4,9,10,11);2,5H,1,4H2,(H,6,7);1,3H2,(H,4,5)/t9-,12-,13-;4-;2-;/m000./s1. The number of guanidine groups is 1. The van der Waals surface area contributed by atoms with Crippen LogP contribution in [0.25, 0.3) is 0 Å². The molecular formula is C26H49N9O10. The molecule has 19 heteroatoms. The number of nitrogens with two attached hydrogens (primary N) is 7. The first-order valence-electron chi connectivity index (χ1n) is 13.5. The summed E-state index contributed by atoms with van der Waals surface area (Å²) in [4.78, 5) is 51.8. The summed E-state index contributed by atoms with van der Waals surface area (Å²) in [5, 5.41) is 41.6. The van der Waals surface area contributed by atoms with Gasteiger partial charge < -0.3 is 70.6 Å². The maximum Gasteiger partial charge on any atom is 0.328 e. The Morgan fingerprint density at radius 1 is 0.911 bits per heavy atom. The molecule has 0 spiro atoms. The van der Waals surface area contributed by atoms with E-state index in [9.17, 15) is 24.0 Å². The lowest BCUT2D eigenvalue weighted by Crippen LogP contribution is -2.39. The van der Waals surface area contributed by atoms with Gasteiger partial charge in [0.15, 0.2) is 5.96 Å². The number of carbonyl (C=O) groups is 5. The fraction of sp³-hybridized carbons (Fsp3) is 0.538. The van der Waals surface area contributed by atoms with Crippen LogP contribution in [-0.4, -0.2) is 100 Å². The molecule has 0 unspecified atom stereocenters. The number of primary amides is 1. The summed E-state index contributed by atoms with van der Waals surface area (Å²) in [6.07, 6.45) is 2.19. The van der Waals surface area contributed by atoms with Crippen LogP contribution in [0.2, 0.25) is 0 Å². The zero-order valence-electron chi connectivity index (χ0n) is 25.4. The minimum atomic E-state index is -1.18. The van der Waals surface area contributed by atoms with Crippen molar-refractivity contribution in [3.63, 3.8) is 0 Å². The Balaban J connectivity index is -0.000000616. The highest BCUT2D eigenvalue weighted by molar-refractivity contribution is 5.79. The number of nitrogens with one attached hydrogen (secondary N) is 2.